The van der Waals surface area contributed by atoms with Crippen molar-refractivity contribution in [3.05, 3.63) is 36.2 Å². The normalized spacial score (nSPS) is 10.7. The third kappa shape index (κ3) is 4.36. The first-order valence-electron chi connectivity index (χ1n) is 7.07. The van der Waals surface area contributed by atoms with Gasteiger partial charge in [-0.3, -0.25) is 0 Å². The van der Waals surface area contributed by atoms with Crippen LogP contribution < -0.4 is 10.1 Å². The van der Waals surface area contributed by atoms with Gasteiger partial charge in [-0.05, 0) is 25.1 Å². The number of nitrogens with one attached hydrogen (secondary N) is 1. The highest BCUT2D eigenvalue weighted by atomic mass is 32.2. The molecule has 0 saturated heterocycles. The van der Waals surface area contributed by atoms with Crippen LogP contribution in [0, 0.1) is 0 Å². The summed E-state index contributed by atoms with van der Waals surface area (Å²) in [6.07, 6.45) is 0. The molecule has 1 aromatic heterocycles. The van der Waals surface area contributed by atoms with E-state index in [2.05, 4.69) is 42.1 Å². The molecule has 0 unspecified atom stereocenters. The van der Waals surface area contributed by atoms with E-state index in [-0.39, 0.29) is 0 Å². The average Bonchev–Trinajstić information content (AvgIpc) is 2.47. The van der Waals surface area contributed by atoms with E-state index in [1.54, 1.807) is 18.9 Å². The van der Waals surface area contributed by atoms with E-state index in [9.17, 15) is 0 Å². The molecule has 2 rings (SSSR count). The lowest BCUT2D eigenvalue weighted by molar-refractivity contribution is 0.413. The van der Waals surface area contributed by atoms with Crippen LogP contribution in [0.2, 0.25) is 0 Å². The van der Waals surface area contributed by atoms with Crippen LogP contribution in [0.1, 0.15) is 32.5 Å². The van der Waals surface area contributed by atoms with E-state index < -0.39 is 0 Å². The SMILES string of the molecule is CCNc1cc(Sc2cccc(OC)c2)nc(C(C)C)n1. The topological polar surface area (TPSA) is 47.0 Å². The molecule has 1 aromatic carbocycles. The van der Waals surface area contributed by atoms with Gasteiger partial charge in [0, 0.05) is 23.4 Å². The minimum Gasteiger partial charge on any atom is -0.497 e. The molecule has 112 valence electrons. The van der Waals surface area contributed by atoms with Gasteiger partial charge in [0.05, 0.1) is 7.11 Å². The summed E-state index contributed by atoms with van der Waals surface area (Å²) in [6.45, 7) is 7.11. The number of hydrogen-bond donors (Lipinski definition) is 1. The molecule has 0 radical (unpaired) electrons. The molecule has 0 spiro atoms. The van der Waals surface area contributed by atoms with Crippen molar-refractivity contribution in [1.82, 2.24) is 9.97 Å². The standard InChI is InChI=1S/C16H21N3OS/c1-5-17-14-10-15(19-16(18-14)11(2)3)21-13-8-6-7-12(9-13)20-4/h6-11H,5H2,1-4H3,(H,17,18,19). The Morgan fingerprint density at radius 1 is 1.24 bits per heavy atom. The number of nitrogens with zero attached hydrogens (tertiary/aromatic N) is 2. The van der Waals surface area contributed by atoms with Gasteiger partial charge in [-0.15, -0.1) is 0 Å². The van der Waals surface area contributed by atoms with Crippen LogP contribution >= 0.6 is 11.8 Å². The zero-order valence-corrected chi connectivity index (χ0v) is 13.7. The Balaban J connectivity index is 2.29. The maximum Gasteiger partial charge on any atom is 0.134 e. The molecule has 0 aliphatic rings. The predicted octanol–water partition coefficient (Wildman–Crippen LogP) is 4.19. The van der Waals surface area contributed by atoms with Gasteiger partial charge >= 0.3 is 0 Å². The third-order valence-electron chi connectivity index (χ3n) is 2.86. The maximum absolute atomic E-state index is 5.26. The molecular weight excluding hydrogens is 282 g/mol. The van der Waals surface area contributed by atoms with Gasteiger partial charge in [0.1, 0.15) is 22.4 Å². The summed E-state index contributed by atoms with van der Waals surface area (Å²) in [7, 11) is 1.68. The van der Waals surface area contributed by atoms with E-state index in [1.165, 1.54) is 0 Å². The molecular formula is C16H21N3OS. The Hall–Kier alpha value is -1.75. The Kier molecular flexibility index (Phi) is 5.44. The van der Waals surface area contributed by atoms with Gasteiger partial charge in [-0.25, -0.2) is 9.97 Å². The lowest BCUT2D eigenvalue weighted by Gasteiger charge is -2.11. The summed E-state index contributed by atoms with van der Waals surface area (Å²) >= 11 is 1.62. The summed E-state index contributed by atoms with van der Waals surface area (Å²) in [5.74, 6) is 2.89. The van der Waals surface area contributed by atoms with Crippen molar-refractivity contribution in [2.45, 2.75) is 36.6 Å². The first kappa shape index (κ1) is 15.6. The Morgan fingerprint density at radius 2 is 2.05 bits per heavy atom. The summed E-state index contributed by atoms with van der Waals surface area (Å²) in [6, 6.07) is 9.97. The van der Waals surface area contributed by atoms with Crippen molar-refractivity contribution in [2.75, 3.05) is 19.0 Å². The number of benzene rings is 1. The molecule has 0 atom stereocenters. The van der Waals surface area contributed by atoms with Crippen LogP contribution in [-0.2, 0) is 0 Å². The van der Waals surface area contributed by atoms with Gasteiger partial charge in [0.25, 0.3) is 0 Å². The van der Waals surface area contributed by atoms with Crippen molar-refractivity contribution < 1.29 is 4.74 Å². The molecule has 0 fully saturated rings. The number of methoxy groups -OCH3 is 1. The van der Waals surface area contributed by atoms with Crippen LogP contribution in [0.25, 0.3) is 0 Å². The fourth-order valence-electron chi connectivity index (χ4n) is 1.81. The van der Waals surface area contributed by atoms with Crippen LogP contribution in [0.3, 0.4) is 0 Å². The smallest absolute Gasteiger partial charge is 0.134 e. The van der Waals surface area contributed by atoms with Crippen molar-refractivity contribution in [2.24, 2.45) is 0 Å². The molecule has 0 amide bonds. The largest absolute Gasteiger partial charge is 0.497 e. The Bertz CT molecular complexity index is 602. The van der Waals surface area contributed by atoms with Crippen molar-refractivity contribution in [3.63, 3.8) is 0 Å². The quantitative estimate of drug-likeness (QED) is 0.811. The minimum absolute atomic E-state index is 0.299. The van der Waals surface area contributed by atoms with Gasteiger partial charge < -0.3 is 10.1 Å². The second-order valence-electron chi connectivity index (χ2n) is 4.92. The van der Waals surface area contributed by atoms with Crippen molar-refractivity contribution >= 4 is 17.6 Å². The van der Waals surface area contributed by atoms with E-state index in [0.717, 1.165) is 33.9 Å². The number of ether oxygens (including phenoxy) is 1. The first-order valence-corrected chi connectivity index (χ1v) is 7.88. The van der Waals surface area contributed by atoms with Crippen molar-refractivity contribution in [3.8, 4) is 5.75 Å². The highest BCUT2D eigenvalue weighted by molar-refractivity contribution is 7.99. The van der Waals surface area contributed by atoms with Gasteiger partial charge in [0.2, 0.25) is 0 Å². The monoisotopic (exact) mass is 303 g/mol. The minimum atomic E-state index is 0.299. The summed E-state index contributed by atoms with van der Waals surface area (Å²) in [5.41, 5.74) is 0. The Morgan fingerprint density at radius 3 is 2.71 bits per heavy atom. The number of anilines is 1. The zero-order chi connectivity index (χ0) is 15.2. The first-order chi connectivity index (χ1) is 10.1. The van der Waals surface area contributed by atoms with Gasteiger partial charge in [0.15, 0.2) is 0 Å². The molecule has 21 heavy (non-hydrogen) atoms. The van der Waals surface area contributed by atoms with Crippen LogP contribution in [0.15, 0.2) is 40.3 Å². The molecule has 2 aromatic rings. The molecule has 1 heterocycles. The summed E-state index contributed by atoms with van der Waals surface area (Å²) in [5, 5.41) is 4.20. The highest BCUT2D eigenvalue weighted by Crippen LogP contribution is 2.30. The number of hydrogen-bond acceptors (Lipinski definition) is 5. The summed E-state index contributed by atoms with van der Waals surface area (Å²) < 4.78 is 5.26. The van der Waals surface area contributed by atoms with Crippen LogP contribution in [-0.4, -0.2) is 23.6 Å². The predicted molar refractivity (Wildman–Crippen MR) is 87.4 cm³/mol. The van der Waals surface area contributed by atoms with E-state index in [1.807, 2.05) is 24.3 Å². The van der Waals surface area contributed by atoms with E-state index in [4.69, 9.17) is 4.74 Å². The molecule has 4 nitrogen and oxygen atoms in total. The average molecular weight is 303 g/mol. The second kappa shape index (κ2) is 7.31. The zero-order valence-electron chi connectivity index (χ0n) is 12.9. The van der Waals surface area contributed by atoms with E-state index in [0.29, 0.717) is 5.92 Å². The fraction of sp³-hybridized carbons (Fsp3) is 0.375. The summed E-state index contributed by atoms with van der Waals surface area (Å²) in [4.78, 5) is 10.3. The molecule has 0 aliphatic carbocycles. The fourth-order valence-corrected chi connectivity index (χ4v) is 2.68. The number of rotatable bonds is 6. The number of aromatic nitrogens is 2. The highest BCUT2D eigenvalue weighted by Gasteiger charge is 2.09. The molecule has 0 aliphatic heterocycles. The van der Waals surface area contributed by atoms with Crippen molar-refractivity contribution in [1.29, 1.82) is 0 Å². The lowest BCUT2D eigenvalue weighted by atomic mass is 10.2. The maximum atomic E-state index is 5.26. The second-order valence-corrected chi connectivity index (χ2v) is 6.01. The molecule has 1 N–H and O–H groups in total. The molecule has 5 heteroatoms. The van der Waals surface area contributed by atoms with Crippen LogP contribution in [0.5, 0.6) is 5.75 Å². The van der Waals surface area contributed by atoms with Gasteiger partial charge in [-0.2, -0.15) is 0 Å². The lowest BCUT2D eigenvalue weighted by Crippen LogP contribution is -2.05. The van der Waals surface area contributed by atoms with Crippen LogP contribution in [0.4, 0.5) is 5.82 Å². The molecule has 0 bridgehead atoms. The Labute approximate surface area is 130 Å². The third-order valence-corrected chi connectivity index (χ3v) is 3.77. The molecule has 0 saturated carbocycles. The van der Waals surface area contributed by atoms with Gasteiger partial charge in [-0.1, -0.05) is 31.7 Å². The van der Waals surface area contributed by atoms with E-state index >= 15 is 0 Å².